The third-order valence-corrected chi connectivity index (χ3v) is 8.17. The summed E-state index contributed by atoms with van der Waals surface area (Å²) in [5.41, 5.74) is 3.96. The number of amides is 1. The van der Waals surface area contributed by atoms with E-state index in [0.717, 1.165) is 56.2 Å². The topological polar surface area (TPSA) is 108 Å². The quantitative estimate of drug-likeness (QED) is 0.252. The van der Waals surface area contributed by atoms with Crippen molar-refractivity contribution in [1.82, 2.24) is 19.6 Å². The van der Waals surface area contributed by atoms with Gasteiger partial charge in [0.25, 0.3) is 5.91 Å². The Morgan fingerprint density at radius 1 is 0.930 bits per heavy atom. The Morgan fingerprint density at radius 3 is 2.44 bits per heavy atom. The van der Waals surface area contributed by atoms with Gasteiger partial charge in [-0.2, -0.15) is 5.10 Å². The monoisotopic (exact) mass is 578 g/mol. The molecule has 1 aliphatic heterocycles. The van der Waals surface area contributed by atoms with Crippen molar-refractivity contribution in [2.75, 3.05) is 26.8 Å². The first-order valence-corrected chi connectivity index (χ1v) is 14.4. The summed E-state index contributed by atoms with van der Waals surface area (Å²) in [6, 6.07) is 25.9. The summed E-state index contributed by atoms with van der Waals surface area (Å²) < 4.78 is 7.28. The molecule has 2 N–H and O–H groups in total. The van der Waals surface area contributed by atoms with Gasteiger partial charge in [0.1, 0.15) is 12.3 Å². The van der Waals surface area contributed by atoms with Crippen LogP contribution in [0.25, 0.3) is 21.5 Å². The van der Waals surface area contributed by atoms with E-state index in [9.17, 15) is 19.8 Å². The zero-order valence-electron chi connectivity index (χ0n) is 24.1. The lowest BCUT2D eigenvalue weighted by Gasteiger charge is -2.29. The van der Waals surface area contributed by atoms with Crippen molar-refractivity contribution in [2.45, 2.75) is 32.6 Å². The molecule has 2 heterocycles. The molecule has 43 heavy (non-hydrogen) atoms. The van der Waals surface area contributed by atoms with Gasteiger partial charge < -0.3 is 19.8 Å². The van der Waals surface area contributed by atoms with Gasteiger partial charge in [-0.15, -0.1) is 0 Å². The van der Waals surface area contributed by atoms with Crippen LogP contribution in [-0.2, 0) is 37.4 Å². The van der Waals surface area contributed by atoms with Gasteiger partial charge >= 0.3 is 5.97 Å². The van der Waals surface area contributed by atoms with Gasteiger partial charge in [0.15, 0.2) is 5.69 Å². The third kappa shape index (κ3) is 5.69. The summed E-state index contributed by atoms with van der Waals surface area (Å²) in [6.07, 6.45) is 0.659. The van der Waals surface area contributed by atoms with E-state index < -0.39 is 18.4 Å². The van der Waals surface area contributed by atoms with Gasteiger partial charge in [0.05, 0.1) is 20.3 Å². The number of aliphatic hydroxyl groups is 1. The minimum Gasteiger partial charge on any atom is -0.496 e. The molecule has 4 aromatic carbocycles. The Kier molecular flexibility index (Phi) is 8.09. The number of aromatic nitrogens is 2. The van der Waals surface area contributed by atoms with E-state index in [1.807, 2.05) is 60.7 Å². The molecule has 0 spiro atoms. The molecular weight excluding hydrogens is 544 g/mol. The van der Waals surface area contributed by atoms with Crippen LogP contribution in [0.15, 0.2) is 78.9 Å². The minimum absolute atomic E-state index is 0.113. The Labute approximate surface area is 249 Å². The lowest BCUT2D eigenvalue weighted by molar-refractivity contribution is -0.137. The second kappa shape index (κ2) is 12.2. The van der Waals surface area contributed by atoms with Crippen LogP contribution < -0.4 is 4.74 Å². The predicted molar refractivity (Wildman–Crippen MR) is 164 cm³/mol. The number of hydrogen-bond acceptors (Lipinski definition) is 6. The van der Waals surface area contributed by atoms with Crippen molar-refractivity contribution in [1.29, 1.82) is 0 Å². The van der Waals surface area contributed by atoms with E-state index in [-0.39, 0.29) is 25.4 Å². The first kappa shape index (κ1) is 28.4. The first-order valence-electron chi connectivity index (χ1n) is 14.4. The maximum atomic E-state index is 14.1. The number of carboxylic acids is 1. The number of carbonyl (C=O) groups is 2. The number of carbonyl (C=O) groups excluding carboxylic acids is 1. The number of aliphatic hydroxyl groups excluding tert-OH is 1. The smallest absolute Gasteiger partial charge is 0.323 e. The zero-order valence-corrected chi connectivity index (χ0v) is 24.1. The Balaban J connectivity index is 1.33. The van der Waals surface area contributed by atoms with Crippen LogP contribution in [0.1, 0.15) is 32.9 Å². The molecule has 1 aromatic heterocycles. The van der Waals surface area contributed by atoms with E-state index in [2.05, 4.69) is 28.2 Å². The molecule has 5 aromatic rings. The molecule has 9 nitrogen and oxygen atoms in total. The fourth-order valence-corrected chi connectivity index (χ4v) is 6.17. The van der Waals surface area contributed by atoms with E-state index in [1.54, 1.807) is 11.8 Å². The highest BCUT2D eigenvalue weighted by Crippen LogP contribution is 2.31. The fraction of sp³-hybridized carbons (Fsp3) is 0.265. The maximum Gasteiger partial charge on any atom is 0.323 e. The van der Waals surface area contributed by atoms with Gasteiger partial charge in [-0.1, -0.05) is 72.8 Å². The van der Waals surface area contributed by atoms with Crippen LogP contribution >= 0.6 is 0 Å². The van der Waals surface area contributed by atoms with Crippen LogP contribution in [0, 0.1) is 0 Å². The molecule has 0 fully saturated rings. The number of methoxy groups -OCH3 is 1. The van der Waals surface area contributed by atoms with E-state index in [0.29, 0.717) is 19.5 Å². The Bertz CT molecular complexity index is 1810. The Hall–Kier alpha value is -4.73. The van der Waals surface area contributed by atoms with Crippen LogP contribution in [-0.4, -0.2) is 68.5 Å². The summed E-state index contributed by atoms with van der Waals surface area (Å²) in [4.78, 5) is 29.7. The standard InChI is InChI=1S/C34H34N4O5/c1-43-31-14-13-25(27-11-4-5-12-28(27)31)19-36-16-15-30-29(21-36)33(35-38(30)17-18-39)34(42)37(22-32(40)41)20-24-9-6-8-23-7-2-3-10-26(23)24/h2-14,39H,15-22H2,1H3,(H,40,41). The van der Waals surface area contributed by atoms with Crippen molar-refractivity contribution in [3.05, 3.63) is 107 Å². The zero-order chi connectivity index (χ0) is 29.9. The largest absolute Gasteiger partial charge is 0.496 e. The van der Waals surface area contributed by atoms with Crippen LogP contribution in [0.2, 0.25) is 0 Å². The average molecular weight is 579 g/mol. The van der Waals surface area contributed by atoms with E-state index in [4.69, 9.17) is 4.74 Å². The lowest BCUT2D eigenvalue weighted by atomic mass is 10.00. The molecule has 1 aliphatic rings. The molecule has 1 amide bonds. The molecule has 0 saturated heterocycles. The molecule has 0 radical (unpaired) electrons. The number of benzene rings is 4. The number of ether oxygens (including phenoxy) is 1. The molecule has 9 heteroatoms. The van der Waals surface area contributed by atoms with E-state index >= 15 is 0 Å². The normalized spacial score (nSPS) is 13.3. The lowest BCUT2D eigenvalue weighted by Crippen LogP contribution is -2.37. The summed E-state index contributed by atoms with van der Waals surface area (Å²) >= 11 is 0. The summed E-state index contributed by atoms with van der Waals surface area (Å²) in [5, 5.41) is 28.3. The minimum atomic E-state index is -1.09. The van der Waals surface area contributed by atoms with Gasteiger partial charge in [-0.25, -0.2) is 0 Å². The number of carboxylic acid groups (broad SMARTS) is 1. The van der Waals surface area contributed by atoms with Crippen LogP contribution in [0.5, 0.6) is 5.75 Å². The molecule has 0 unspecified atom stereocenters. The van der Waals surface area contributed by atoms with E-state index in [1.165, 1.54) is 4.90 Å². The maximum absolute atomic E-state index is 14.1. The highest BCUT2D eigenvalue weighted by Gasteiger charge is 2.31. The van der Waals surface area contributed by atoms with Crippen molar-refractivity contribution in [3.8, 4) is 5.75 Å². The Morgan fingerprint density at radius 2 is 1.67 bits per heavy atom. The summed E-state index contributed by atoms with van der Waals surface area (Å²) in [5.74, 6) is -0.701. The molecule has 0 atom stereocenters. The highest BCUT2D eigenvalue weighted by molar-refractivity contribution is 5.96. The second-order valence-electron chi connectivity index (χ2n) is 10.8. The molecular formula is C34H34N4O5. The highest BCUT2D eigenvalue weighted by atomic mass is 16.5. The van der Waals surface area contributed by atoms with Crippen molar-refractivity contribution in [3.63, 3.8) is 0 Å². The molecule has 0 aliphatic carbocycles. The average Bonchev–Trinajstić information content (AvgIpc) is 3.38. The van der Waals surface area contributed by atoms with Crippen LogP contribution in [0.4, 0.5) is 0 Å². The van der Waals surface area contributed by atoms with Crippen molar-refractivity contribution < 1.29 is 24.5 Å². The SMILES string of the molecule is COc1ccc(CN2CCc3c(c(C(=O)N(CC(=O)O)Cc4cccc5ccccc45)nn3CCO)C2)c2ccccc12. The van der Waals surface area contributed by atoms with Crippen molar-refractivity contribution >= 4 is 33.4 Å². The molecule has 0 bridgehead atoms. The van der Waals surface area contributed by atoms with Gasteiger partial charge in [-0.05, 0) is 33.4 Å². The summed E-state index contributed by atoms with van der Waals surface area (Å²) in [7, 11) is 1.67. The fourth-order valence-electron chi connectivity index (χ4n) is 6.17. The number of aliphatic carboxylic acids is 1. The second-order valence-corrected chi connectivity index (χ2v) is 10.8. The number of nitrogens with zero attached hydrogens (tertiary/aromatic N) is 4. The third-order valence-electron chi connectivity index (χ3n) is 8.17. The number of rotatable bonds is 10. The predicted octanol–water partition coefficient (Wildman–Crippen LogP) is 4.48. The van der Waals surface area contributed by atoms with Gasteiger partial charge in [0.2, 0.25) is 0 Å². The number of hydrogen-bond donors (Lipinski definition) is 2. The summed E-state index contributed by atoms with van der Waals surface area (Å²) in [6.45, 7) is 1.74. The molecule has 0 saturated carbocycles. The van der Waals surface area contributed by atoms with Crippen molar-refractivity contribution in [2.24, 2.45) is 0 Å². The first-order chi connectivity index (χ1) is 21.0. The van der Waals surface area contributed by atoms with Gasteiger partial charge in [0, 0.05) is 49.2 Å². The van der Waals surface area contributed by atoms with Gasteiger partial charge in [-0.3, -0.25) is 19.2 Å². The number of fused-ring (bicyclic) bond motifs is 3. The molecule has 220 valence electrons. The molecule has 6 rings (SSSR count). The van der Waals surface area contributed by atoms with Crippen LogP contribution in [0.3, 0.4) is 0 Å².